The minimum absolute atomic E-state index is 0.0911. The van der Waals surface area contributed by atoms with E-state index >= 15 is 0 Å². The average Bonchev–Trinajstić information content (AvgIpc) is 2.85. The highest BCUT2D eigenvalue weighted by Crippen LogP contribution is 2.29. The van der Waals surface area contributed by atoms with Crippen LogP contribution in [0.2, 0.25) is 10.0 Å². The number of aromatic nitrogens is 2. The van der Waals surface area contributed by atoms with E-state index in [2.05, 4.69) is 15.5 Å². The highest BCUT2D eigenvalue weighted by atomic mass is 35.5. The smallest absolute Gasteiger partial charge is 0.243 e. The van der Waals surface area contributed by atoms with E-state index in [1.54, 1.807) is 30.3 Å². The van der Waals surface area contributed by atoms with Gasteiger partial charge < -0.3 is 10.2 Å². The number of nitrogens with one attached hydrogen (secondary N) is 1. The monoisotopic (exact) mass is 533 g/mol. The molecule has 1 aliphatic rings. The van der Waals surface area contributed by atoms with Crippen molar-refractivity contribution in [2.24, 2.45) is 0 Å². The summed E-state index contributed by atoms with van der Waals surface area (Å²) in [5.74, 6) is 0.578. The number of hydrogen-bond donors (Lipinski definition) is 1. The average molecular weight is 534 g/mol. The maximum Gasteiger partial charge on any atom is 0.243 e. The third-order valence-corrected chi connectivity index (χ3v) is 8.13. The third-order valence-electron chi connectivity index (χ3n) is 5.67. The van der Waals surface area contributed by atoms with Gasteiger partial charge in [0.15, 0.2) is 5.82 Å². The number of hydrogen-bond acceptors (Lipinski definition) is 6. The summed E-state index contributed by atoms with van der Waals surface area (Å²) >= 11 is 12.2. The minimum Gasteiger partial charge on any atom is -0.352 e. The molecule has 11 heteroatoms. The van der Waals surface area contributed by atoms with Gasteiger partial charge in [0.05, 0.1) is 15.6 Å². The predicted molar refractivity (Wildman–Crippen MR) is 138 cm³/mol. The molecule has 4 rings (SSSR count). The van der Waals surface area contributed by atoms with E-state index in [0.717, 1.165) is 12.0 Å². The van der Waals surface area contributed by atoms with Gasteiger partial charge in [-0.2, -0.15) is 4.31 Å². The Kier molecular flexibility index (Phi) is 7.91. The molecular weight excluding hydrogens is 509 g/mol. The molecule has 8 nitrogen and oxygen atoms in total. The molecule has 184 valence electrons. The van der Waals surface area contributed by atoms with Crippen molar-refractivity contribution in [1.29, 1.82) is 0 Å². The summed E-state index contributed by atoms with van der Waals surface area (Å²) in [5.41, 5.74) is 1.95. The van der Waals surface area contributed by atoms with Gasteiger partial charge in [0, 0.05) is 48.9 Å². The summed E-state index contributed by atoms with van der Waals surface area (Å²) in [6, 6.07) is 15.2. The Bertz CT molecular complexity index is 1290. The molecule has 0 radical (unpaired) electrons. The zero-order valence-electron chi connectivity index (χ0n) is 19.1. The van der Waals surface area contributed by atoms with Crippen LogP contribution in [0.25, 0.3) is 11.3 Å². The number of sulfonamides is 1. The minimum atomic E-state index is -3.64. The van der Waals surface area contributed by atoms with Gasteiger partial charge in [0.25, 0.3) is 0 Å². The van der Waals surface area contributed by atoms with Gasteiger partial charge in [-0.3, -0.25) is 4.79 Å². The van der Waals surface area contributed by atoms with Crippen LogP contribution in [0.3, 0.4) is 0 Å². The lowest BCUT2D eigenvalue weighted by molar-refractivity contribution is -0.116. The molecular formula is C24H25Cl2N5O3S. The third kappa shape index (κ3) is 5.92. The maximum atomic E-state index is 13.1. The number of amides is 1. The molecule has 0 aliphatic carbocycles. The fourth-order valence-corrected chi connectivity index (χ4v) is 5.73. The van der Waals surface area contributed by atoms with Crippen LogP contribution in [0.15, 0.2) is 59.5 Å². The van der Waals surface area contributed by atoms with Crippen molar-refractivity contribution >= 4 is 50.6 Å². The Labute approximate surface area is 214 Å². The maximum absolute atomic E-state index is 13.1. The van der Waals surface area contributed by atoms with E-state index in [0.29, 0.717) is 59.8 Å². The number of rotatable bonds is 7. The summed E-state index contributed by atoms with van der Waals surface area (Å²) in [5, 5.41) is 12.4. The highest BCUT2D eigenvalue weighted by Gasteiger charge is 2.29. The molecule has 0 atom stereocenters. The number of carbonyl (C=O) groups excluding carboxylic acids is 1. The topological polar surface area (TPSA) is 95.5 Å². The van der Waals surface area contributed by atoms with Crippen molar-refractivity contribution in [2.45, 2.75) is 24.7 Å². The van der Waals surface area contributed by atoms with E-state index in [1.807, 2.05) is 24.0 Å². The molecule has 0 unspecified atom stereocenters. The molecule has 1 aromatic heterocycles. The lowest BCUT2D eigenvalue weighted by Gasteiger charge is -2.34. The van der Waals surface area contributed by atoms with Crippen LogP contribution in [-0.4, -0.2) is 55.0 Å². The zero-order chi connectivity index (χ0) is 25.0. The second kappa shape index (κ2) is 10.9. The molecule has 1 aliphatic heterocycles. The summed E-state index contributed by atoms with van der Waals surface area (Å²) in [7, 11) is -3.64. The van der Waals surface area contributed by atoms with Gasteiger partial charge in [-0.15, -0.1) is 10.2 Å². The van der Waals surface area contributed by atoms with E-state index in [4.69, 9.17) is 23.2 Å². The summed E-state index contributed by atoms with van der Waals surface area (Å²) in [6.07, 6.45) is 1.17. The molecule has 35 heavy (non-hydrogen) atoms. The summed E-state index contributed by atoms with van der Waals surface area (Å²) < 4.78 is 27.6. The number of anilines is 2. The quantitative estimate of drug-likeness (QED) is 0.472. The van der Waals surface area contributed by atoms with Crippen molar-refractivity contribution in [3.8, 4) is 11.3 Å². The Morgan fingerprint density at radius 3 is 2.29 bits per heavy atom. The highest BCUT2D eigenvalue weighted by molar-refractivity contribution is 7.89. The largest absolute Gasteiger partial charge is 0.352 e. The Morgan fingerprint density at radius 1 is 0.971 bits per heavy atom. The zero-order valence-corrected chi connectivity index (χ0v) is 21.4. The van der Waals surface area contributed by atoms with E-state index < -0.39 is 10.0 Å². The van der Waals surface area contributed by atoms with Crippen molar-refractivity contribution in [2.75, 3.05) is 36.4 Å². The summed E-state index contributed by atoms with van der Waals surface area (Å²) in [6.45, 7) is 3.54. The number of benzene rings is 2. The molecule has 0 bridgehead atoms. The van der Waals surface area contributed by atoms with Gasteiger partial charge in [-0.05, 0) is 61.0 Å². The molecule has 0 saturated carbocycles. The van der Waals surface area contributed by atoms with Crippen LogP contribution in [0.4, 0.5) is 11.5 Å². The number of carbonyl (C=O) groups is 1. The SMILES string of the molecule is CCCC(=O)Nc1ccc(S(=O)(=O)N2CCN(c3ccc(-c4ccc(Cl)cc4Cl)nn3)CC2)cc1. The molecule has 2 aromatic carbocycles. The fourth-order valence-electron chi connectivity index (χ4n) is 3.80. The Morgan fingerprint density at radius 2 is 1.69 bits per heavy atom. The first-order valence-corrected chi connectivity index (χ1v) is 13.4. The molecule has 1 saturated heterocycles. The van der Waals surface area contributed by atoms with Crippen LogP contribution >= 0.6 is 23.2 Å². The van der Waals surface area contributed by atoms with Gasteiger partial charge in [0.1, 0.15) is 0 Å². The van der Waals surface area contributed by atoms with Crippen molar-refractivity contribution < 1.29 is 13.2 Å². The first-order chi connectivity index (χ1) is 16.8. The van der Waals surface area contributed by atoms with Crippen LogP contribution in [0.5, 0.6) is 0 Å². The van der Waals surface area contributed by atoms with Crippen LogP contribution in [0.1, 0.15) is 19.8 Å². The van der Waals surface area contributed by atoms with Crippen molar-refractivity contribution in [3.05, 3.63) is 64.6 Å². The van der Waals surface area contributed by atoms with Gasteiger partial charge >= 0.3 is 0 Å². The van der Waals surface area contributed by atoms with E-state index in [-0.39, 0.29) is 10.8 Å². The lowest BCUT2D eigenvalue weighted by atomic mass is 10.1. The molecule has 0 spiro atoms. The van der Waals surface area contributed by atoms with Crippen LogP contribution in [-0.2, 0) is 14.8 Å². The normalized spacial score (nSPS) is 14.7. The standard InChI is InChI=1S/C24H25Cl2N5O3S/c1-2-3-24(32)27-18-5-7-19(8-6-18)35(33,34)31-14-12-30(13-15-31)23-11-10-22(28-29-23)20-9-4-17(25)16-21(20)26/h4-11,16H,2-3,12-15H2,1H3,(H,27,32). The molecule has 1 N–H and O–H groups in total. The Balaban J connectivity index is 1.38. The first kappa shape index (κ1) is 25.4. The van der Waals surface area contributed by atoms with Crippen molar-refractivity contribution in [1.82, 2.24) is 14.5 Å². The van der Waals surface area contributed by atoms with Crippen LogP contribution in [0, 0.1) is 0 Å². The fraction of sp³-hybridized carbons (Fsp3) is 0.292. The second-order valence-electron chi connectivity index (χ2n) is 8.11. The Hall–Kier alpha value is -2.72. The van der Waals surface area contributed by atoms with E-state index in [1.165, 1.54) is 16.4 Å². The van der Waals surface area contributed by atoms with E-state index in [9.17, 15) is 13.2 Å². The number of nitrogens with zero attached hydrogens (tertiary/aromatic N) is 4. The van der Waals surface area contributed by atoms with Gasteiger partial charge in [0.2, 0.25) is 15.9 Å². The molecule has 2 heterocycles. The number of halogens is 2. The molecule has 3 aromatic rings. The predicted octanol–water partition coefficient (Wildman–Crippen LogP) is 4.70. The molecule has 1 fully saturated rings. The van der Waals surface area contributed by atoms with Crippen molar-refractivity contribution in [3.63, 3.8) is 0 Å². The lowest BCUT2D eigenvalue weighted by Crippen LogP contribution is -2.49. The second-order valence-corrected chi connectivity index (χ2v) is 10.9. The number of piperazine rings is 1. The van der Waals surface area contributed by atoms with Crippen LogP contribution < -0.4 is 10.2 Å². The molecule has 1 amide bonds. The first-order valence-electron chi connectivity index (χ1n) is 11.2. The van der Waals surface area contributed by atoms with Gasteiger partial charge in [-0.1, -0.05) is 30.1 Å². The summed E-state index contributed by atoms with van der Waals surface area (Å²) in [4.78, 5) is 13.9. The van der Waals surface area contributed by atoms with Gasteiger partial charge in [-0.25, -0.2) is 8.42 Å².